The molecule has 2 N–H and O–H groups in total. The Morgan fingerprint density at radius 1 is 1.26 bits per heavy atom. The van der Waals surface area contributed by atoms with Crippen LogP contribution < -0.4 is 5.32 Å². The standard InChI is InChI=1S/C16H28NO2/c1-2-3-8-15(9-4-5-10-15)14(19)17-16(13-18)11-6-7-12-16/h9,18H,2-8,10-13H2,1H3,(H,17,19). The van der Waals surface area contributed by atoms with Crippen molar-refractivity contribution in [3.05, 3.63) is 6.42 Å². The van der Waals surface area contributed by atoms with E-state index in [1.165, 1.54) is 0 Å². The van der Waals surface area contributed by atoms with E-state index in [0.717, 1.165) is 64.2 Å². The second-order valence-corrected chi connectivity index (χ2v) is 6.46. The lowest BCUT2D eigenvalue weighted by Gasteiger charge is -2.35. The van der Waals surface area contributed by atoms with Gasteiger partial charge < -0.3 is 10.4 Å². The number of amides is 1. The van der Waals surface area contributed by atoms with Crippen molar-refractivity contribution in [3.8, 4) is 0 Å². The molecular formula is C16H28NO2. The van der Waals surface area contributed by atoms with Crippen LogP contribution in [0.2, 0.25) is 0 Å². The molecule has 0 aromatic carbocycles. The second kappa shape index (κ2) is 6.25. The fourth-order valence-corrected chi connectivity index (χ4v) is 3.68. The van der Waals surface area contributed by atoms with Gasteiger partial charge in [0.15, 0.2) is 0 Å². The molecular weight excluding hydrogens is 238 g/mol. The maximum atomic E-state index is 12.7. The molecule has 2 fully saturated rings. The van der Waals surface area contributed by atoms with Gasteiger partial charge in [0.05, 0.1) is 17.6 Å². The number of unbranched alkanes of at least 4 members (excludes halogenated alkanes) is 1. The second-order valence-electron chi connectivity index (χ2n) is 6.46. The molecule has 3 heteroatoms. The summed E-state index contributed by atoms with van der Waals surface area (Å²) in [5.74, 6) is 0.175. The zero-order valence-electron chi connectivity index (χ0n) is 12.2. The van der Waals surface area contributed by atoms with Crippen molar-refractivity contribution in [1.29, 1.82) is 0 Å². The van der Waals surface area contributed by atoms with Crippen molar-refractivity contribution in [2.24, 2.45) is 5.41 Å². The first-order valence-electron chi connectivity index (χ1n) is 7.94. The summed E-state index contributed by atoms with van der Waals surface area (Å²) in [6, 6.07) is 0. The molecule has 0 bridgehead atoms. The lowest BCUT2D eigenvalue weighted by Crippen LogP contribution is -2.54. The van der Waals surface area contributed by atoms with Gasteiger partial charge >= 0.3 is 0 Å². The Morgan fingerprint density at radius 3 is 2.53 bits per heavy atom. The van der Waals surface area contributed by atoms with Gasteiger partial charge in [-0.2, -0.15) is 0 Å². The van der Waals surface area contributed by atoms with Crippen LogP contribution in [-0.4, -0.2) is 23.2 Å². The van der Waals surface area contributed by atoms with Gasteiger partial charge in [-0.05, 0) is 38.5 Å². The summed E-state index contributed by atoms with van der Waals surface area (Å²) in [5, 5.41) is 12.9. The van der Waals surface area contributed by atoms with Crippen LogP contribution in [0.1, 0.15) is 71.1 Å². The van der Waals surface area contributed by atoms with Crippen molar-refractivity contribution in [2.45, 2.75) is 76.7 Å². The smallest absolute Gasteiger partial charge is 0.227 e. The molecule has 109 valence electrons. The fraction of sp³-hybridized carbons (Fsp3) is 0.875. The average molecular weight is 266 g/mol. The molecule has 1 radical (unpaired) electrons. The third-order valence-electron chi connectivity index (χ3n) is 5.03. The Bertz CT molecular complexity index is 302. The van der Waals surface area contributed by atoms with Crippen LogP contribution >= 0.6 is 0 Å². The molecule has 19 heavy (non-hydrogen) atoms. The number of aliphatic hydroxyl groups is 1. The SMILES string of the molecule is CCCCC1(C(=O)NC2(CO)CCCC2)[CH]CCC1. The van der Waals surface area contributed by atoms with Crippen molar-refractivity contribution in [1.82, 2.24) is 5.32 Å². The van der Waals surface area contributed by atoms with Gasteiger partial charge in [0.2, 0.25) is 5.91 Å². The topological polar surface area (TPSA) is 49.3 Å². The van der Waals surface area contributed by atoms with Crippen LogP contribution in [0.4, 0.5) is 0 Å². The minimum absolute atomic E-state index is 0.0859. The van der Waals surface area contributed by atoms with Gasteiger partial charge in [-0.25, -0.2) is 0 Å². The van der Waals surface area contributed by atoms with E-state index in [1.807, 2.05) is 0 Å². The van der Waals surface area contributed by atoms with Crippen LogP contribution in [0.25, 0.3) is 0 Å². The summed E-state index contributed by atoms with van der Waals surface area (Å²) >= 11 is 0. The Hall–Kier alpha value is -0.570. The number of aliphatic hydroxyl groups excluding tert-OH is 1. The van der Waals surface area contributed by atoms with E-state index in [2.05, 4.69) is 18.7 Å². The van der Waals surface area contributed by atoms with Crippen LogP contribution in [0.15, 0.2) is 0 Å². The average Bonchev–Trinajstić information content (AvgIpc) is 3.06. The van der Waals surface area contributed by atoms with E-state index in [-0.39, 0.29) is 23.5 Å². The fourth-order valence-electron chi connectivity index (χ4n) is 3.68. The highest BCUT2D eigenvalue weighted by Crippen LogP contribution is 2.43. The maximum Gasteiger partial charge on any atom is 0.227 e. The molecule has 2 aliphatic carbocycles. The zero-order valence-corrected chi connectivity index (χ0v) is 12.2. The van der Waals surface area contributed by atoms with Crippen LogP contribution in [0, 0.1) is 11.8 Å². The Morgan fingerprint density at radius 2 is 2.00 bits per heavy atom. The quantitative estimate of drug-likeness (QED) is 0.776. The van der Waals surface area contributed by atoms with E-state index in [1.54, 1.807) is 0 Å². The van der Waals surface area contributed by atoms with E-state index >= 15 is 0 Å². The molecule has 0 aromatic heterocycles. The highest BCUT2D eigenvalue weighted by atomic mass is 16.3. The molecule has 2 saturated carbocycles. The molecule has 1 atom stereocenters. The molecule has 0 aromatic rings. The largest absolute Gasteiger partial charge is 0.394 e. The lowest BCUT2D eigenvalue weighted by molar-refractivity contribution is -0.132. The number of hydrogen-bond donors (Lipinski definition) is 2. The summed E-state index contributed by atoms with van der Waals surface area (Å²) in [6.45, 7) is 2.26. The summed E-state index contributed by atoms with van der Waals surface area (Å²) in [5.41, 5.74) is -0.576. The van der Waals surface area contributed by atoms with Crippen LogP contribution in [0.5, 0.6) is 0 Å². The molecule has 0 saturated heterocycles. The summed E-state index contributed by atoms with van der Waals surface area (Å²) in [7, 11) is 0. The molecule has 0 heterocycles. The van der Waals surface area contributed by atoms with Gasteiger partial charge in [-0.1, -0.05) is 39.0 Å². The van der Waals surface area contributed by atoms with Crippen LogP contribution in [0.3, 0.4) is 0 Å². The van der Waals surface area contributed by atoms with E-state index in [9.17, 15) is 9.90 Å². The van der Waals surface area contributed by atoms with Gasteiger partial charge in [0.25, 0.3) is 0 Å². The van der Waals surface area contributed by atoms with Gasteiger partial charge in [-0.3, -0.25) is 4.79 Å². The predicted molar refractivity (Wildman–Crippen MR) is 76.5 cm³/mol. The lowest BCUT2D eigenvalue weighted by atomic mass is 9.79. The summed E-state index contributed by atoms with van der Waals surface area (Å²) in [4.78, 5) is 12.7. The molecule has 0 aliphatic heterocycles. The Kier molecular flexibility index (Phi) is 4.88. The summed E-state index contributed by atoms with van der Waals surface area (Å²) < 4.78 is 0. The highest BCUT2D eigenvalue weighted by Gasteiger charge is 2.44. The van der Waals surface area contributed by atoms with E-state index in [0.29, 0.717) is 0 Å². The predicted octanol–water partition coefficient (Wildman–Crippen LogP) is 2.97. The van der Waals surface area contributed by atoms with Crippen molar-refractivity contribution in [2.75, 3.05) is 6.61 Å². The Balaban J connectivity index is 2.03. The molecule has 1 amide bonds. The van der Waals surface area contributed by atoms with Crippen molar-refractivity contribution < 1.29 is 9.90 Å². The number of rotatable bonds is 6. The van der Waals surface area contributed by atoms with Crippen molar-refractivity contribution in [3.63, 3.8) is 0 Å². The van der Waals surface area contributed by atoms with E-state index < -0.39 is 0 Å². The van der Waals surface area contributed by atoms with Crippen LogP contribution in [-0.2, 0) is 4.79 Å². The maximum absolute atomic E-state index is 12.7. The van der Waals surface area contributed by atoms with Gasteiger partial charge in [0, 0.05) is 0 Å². The minimum Gasteiger partial charge on any atom is -0.394 e. The number of hydrogen-bond acceptors (Lipinski definition) is 2. The Labute approximate surface area is 117 Å². The summed E-state index contributed by atoms with van der Waals surface area (Å²) in [6.07, 6.45) is 12.7. The monoisotopic (exact) mass is 266 g/mol. The third-order valence-corrected chi connectivity index (χ3v) is 5.03. The minimum atomic E-state index is -0.327. The number of nitrogens with one attached hydrogen (secondary N) is 1. The van der Waals surface area contributed by atoms with Gasteiger partial charge in [0.1, 0.15) is 0 Å². The van der Waals surface area contributed by atoms with E-state index in [4.69, 9.17) is 0 Å². The molecule has 1 unspecified atom stereocenters. The molecule has 2 rings (SSSR count). The first-order chi connectivity index (χ1) is 9.16. The first-order valence-corrected chi connectivity index (χ1v) is 7.94. The molecule has 3 nitrogen and oxygen atoms in total. The normalized spacial score (nSPS) is 24.5. The van der Waals surface area contributed by atoms with Crippen molar-refractivity contribution >= 4 is 5.91 Å². The number of carbonyl (C=O) groups excluding carboxylic acids is 1. The molecule has 0 spiro atoms. The highest BCUT2D eigenvalue weighted by molar-refractivity contribution is 5.85. The van der Waals surface area contributed by atoms with Gasteiger partial charge in [-0.15, -0.1) is 0 Å². The first kappa shape index (κ1) is 14.8. The third kappa shape index (κ3) is 3.13. The number of carbonyl (C=O) groups is 1. The zero-order chi connectivity index (χ0) is 13.8. The molecule has 2 aliphatic rings.